The van der Waals surface area contributed by atoms with Gasteiger partial charge in [-0.15, -0.1) is 0 Å². The topological polar surface area (TPSA) is 63.7 Å². The normalized spacial score (nSPS) is 15.7. The molecule has 27 heavy (non-hydrogen) atoms. The Bertz CT molecular complexity index is 677. The fraction of sp³-hybridized carbons (Fsp3) is 0.667. The third-order valence-corrected chi connectivity index (χ3v) is 6.40. The van der Waals surface area contributed by atoms with Gasteiger partial charge in [-0.2, -0.15) is 0 Å². The van der Waals surface area contributed by atoms with E-state index in [9.17, 15) is 13.2 Å². The zero-order valence-corrected chi connectivity index (χ0v) is 17.5. The first-order chi connectivity index (χ1) is 12.9. The van der Waals surface area contributed by atoms with Crippen molar-refractivity contribution in [3.05, 3.63) is 29.8 Å². The predicted molar refractivity (Wildman–Crippen MR) is 108 cm³/mol. The zero-order valence-electron chi connectivity index (χ0n) is 16.7. The molecule has 0 saturated carbocycles. The van der Waals surface area contributed by atoms with Crippen LogP contribution in [0.5, 0.6) is 0 Å². The molecule has 1 heterocycles. The van der Waals surface area contributed by atoms with E-state index in [1.54, 1.807) is 12.1 Å². The molecular weight excluding hydrogens is 362 g/mol. The van der Waals surface area contributed by atoms with Crippen LogP contribution in [-0.4, -0.2) is 45.4 Å². The number of hydrogen-bond donors (Lipinski definition) is 0. The first-order valence-electron chi connectivity index (χ1n) is 10.1. The van der Waals surface area contributed by atoms with E-state index >= 15 is 0 Å². The number of carbonyl (C=O) groups excluding carboxylic acids is 1. The van der Waals surface area contributed by atoms with Gasteiger partial charge in [0, 0.05) is 19.3 Å². The van der Waals surface area contributed by atoms with Gasteiger partial charge in [0.25, 0.3) is 0 Å². The lowest BCUT2D eigenvalue weighted by Crippen LogP contribution is -2.38. The van der Waals surface area contributed by atoms with Crippen LogP contribution >= 0.6 is 0 Å². The Morgan fingerprint density at radius 3 is 2.37 bits per heavy atom. The second-order valence-electron chi connectivity index (χ2n) is 7.56. The van der Waals surface area contributed by atoms with Crippen LogP contribution in [0.15, 0.2) is 29.2 Å². The number of unbranched alkanes of at least 4 members (excludes halogenated alkanes) is 2. The van der Waals surface area contributed by atoms with Gasteiger partial charge in [-0.1, -0.05) is 38.3 Å². The van der Waals surface area contributed by atoms with Gasteiger partial charge in [-0.05, 0) is 55.7 Å². The Hall–Kier alpha value is -1.56. The van der Waals surface area contributed by atoms with Gasteiger partial charge in [0.15, 0.2) is 9.84 Å². The maximum atomic E-state index is 11.9. The van der Waals surface area contributed by atoms with Crippen LogP contribution in [0.3, 0.4) is 0 Å². The molecule has 0 atom stereocenters. The monoisotopic (exact) mass is 395 g/mol. The number of aryl methyl sites for hydroxylation is 1. The zero-order chi connectivity index (χ0) is 19.7. The summed E-state index contributed by atoms with van der Waals surface area (Å²) in [5, 5.41) is 0. The standard InChI is InChI=1S/C21H33NO4S/c1-3-4-17-26-21(23)22-15-13-19(14-16-22)8-6-5-7-18-9-11-20(12-10-18)27(2,24)25/h9-12,19H,3-8,13-17H2,1-2H3. The highest BCUT2D eigenvalue weighted by atomic mass is 32.2. The van der Waals surface area contributed by atoms with Crippen LogP contribution in [0.25, 0.3) is 0 Å². The SMILES string of the molecule is CCCCOC(=O)N1CCC(CCCCc2ccc(S(C)(=O)=O)cc2)CC1. The van der Waals surface area contributed by atoms with Crippen LogP contribution in [0.4, 0.5) is 4.79 Å². The number of likely N-dealkylation sites (tertiary alicyclic amines) is 1. The quantitative estimate of drug-likeness (QED) is 0.580. The van der Waals surface area contributed by atoms with Crippen molar-refractivity contribution in [3.63, 3.8) is 0 Å². The fourth-order valence-electron chi connectivity index (χ4n) is 3.46. The predicted octanol–water partition coefficient (Wildman–Crippen LogP) is 4.45. The molecule has 1 aliphatic heterocycles. The fourth-order valence-corrected chi connectivity index (χ4v) is 4.10. The minimum atomic E-state index is -3.11. The summed E-state index contributed by atoms with van der Waals surface area (Å²) in [6.45, 7) is 4.23. The highest BCUT2D eigenvalue weighted by Gasteiger charge is 2.23. The van der Waals surface area contributed by atoms with E-state index in [4.69, 9.17) is 4.74 Å². The molecule has 1 aromatic rings. The molecule has 1 aromatic carbocycles. The number of rotatable bonds is 9. The minimum absolute atomic E-state index is 0.153. The lowest BCUT2D eigenvalue weighted by molar-refractivity contribution is 0.0856. The molecule has 1 saturated heterocycles. The number of nitrogens with zero attached hydrogens (tertiary/aromatic N) is 1. The first-order valence-corrected chi connectivity index (χ1v) is 12.0. The van der Waals surface area contributed by atoms with Crippen LogP contribution in [0, 0.1) is 5.92 Å². The van der Waals surface area contributed by atoms with Crippen LogP contribution < -0.4 is 0 Å². The van der Waals surface area contributed by atoms with Gasteiger partial charge in [-0.25, -0.2) is 13.2 Å². The molecule has 152 valence electrons. The largest absolute Gasteiger partial charge is 0.449 e. The van der Waals surface area contributed by atoms with Gasteiger partial charge in [0.05, 0.1) is 11.5 Å². The molecule has 5 nitrogen and oxygen atoms in total. The molecule has 0 unspecified atom stereocenters. The van der Waals surface area contributed by atoms with E-state index in [1.807, 2.05) is 17.0 Å². The van der Waals surface area contributed by atoms with Crippen molar-refractivity contribution < 1.29 is 17.9 Å². The first kappa shape index (κ1) is 21.7. The summed E-state index contributed by atoms with van der Waals surface area (Å²) >= 11 is 0. The van der Waals surface area contributed by atoms with Crippen molar-refractivity contribution in [1.29, 1.82) is 0 Å². The van der Waals surface area contributed by atoms with Crippen molar-refractivity contribution in [3.8, 4) is 0 Å². The minimum Gasteiger partial charge on any atom is -0.449 e. The summed E-state index contributed by atoms with van der Waals surface area (Å²) in [4.78, 5) is 14.2. The van der Waals surface area contributed by atoms with E-state index in [-0.39, 0.29) is 6.09 Å². The van der Waals surface area contributed by atoms with Crippen molar-refractivity contribution >= 4 is 15.9 Å². The van der Waals surface area contributed by atoms with Gasteiger partial charge in [0.2, 0.25) is 0 Å². The van der Waals surface area contributed by atoms with Crippen LogP contribution in [0.1, 0.15) is 57.4 Å². The highest BCUT2D eigenvalue weighted by molar-refractivity contribution is 7.90. The molecule has 1 amide bonds. The maximum absolute atomic E-state index is 11.9. The number of amides is 1. The number of ether oxygens (including phenoxy) is 1. The maximum Gasteiger partial charge on any atom is 0.409 e. The molecule has 6 heteroatoms. The lowest BCUT2D eigenvalue weighted by Gasteiger charge is -2.31. The van der Waals surface area contributed by atoms with Gasteiger partial charge < -0.3 is 9.64 Å². The Labute approximate surface area is 164 Å². The van der Waals surface area contributed by atoms with Gasteiger partial charge in [-0.3, -0.25) is 0 Å². The average Bonchev–Trinajstić information content (AvgIpc) is 2.65. The lowest BCUT2D eigenvalue weighted by atomic mass is 9.91. The van der Waals surface area contributed by atoms with E-state index < -0.39 is 9.84 Å². The number of carbonyl (C=O) groups is 1. The number of benzene rings is 1. The van der Waals surface area contributed by atoms with E-state index in [0.717, 1.165) is 51.6 Å². The summed E-state index contributed by atoms with van der Waals surface area (Å²) in [5.74, 6) is 0.692. The Morgan fingerprint density at radius 2 is 1.78 bits per heavy atom. The van der Waals surface area contributed by atoms with Crippen molar-refractivity contribution in [2.75, 3.05) is 26.0 Å². The molecule has 2 rings (SSSR count). The van der Waals surface area contributed by atoms with Crippen molar-refractivity contribution in [2.45, 2.75) is 63.2 Å². The van der Waals surface area contributed by atoms with Gasteiger partial charge in [0.1, 0.15) is 0 Å². The molecule has 1 fully saturated rings. The van der Waals surface area contributed by atoms with E-state index in [0.29, 0.717) is 17.4 Å². The molecular formula is C21H33NO4S. The summed E-state index contributed by atoms with van der Waals surface area (Å²) < 4.78 is 28.2. The van der Waals surface area contributed by atoms with E-state index in [1.165, 1.54) is 24.7 Å². The molecule has 0 spiro atoms. The summed E-state index contributed by atoms with van der Waals surface area (Å²) in [7, 11) is -3.11. The number of piperidine rings is 1. The highest BCUT2D eigenvalue weighted by Crippen LogP contribution is 2.23. The van der Waals surface area contributed by atoms with Crippen LogP contribution in [-0.2, 0) is 21.0 Å². The third-order valence-electron chi connectivity index (χ3n) is 5.28. The van der Waals surface area contributed by atoms with E-state index in [2.05, 4.69) is 6.92 Å². The van der Waals surface area contributed by atoms with Crippen LogP contribution in [0.2, 0.25) is 0 Å². The Kier molecular flexibility index (Phi) is 8.61. The molecule has 0 radical (unpaired) electrons. The second-order valence-corrected chi connectivity index (χ2v) is 9.58. The Morgan fingerprint density at radius 1 is 1.11 bits per heavy atom. The summed E-state index contributed by atoms with van der Waals surface area (Å²) in [6.07, 6.45) is 9.62. The van der Waals surface area contributed by atoms with Gasteiger partial charge >= 0.3 is 6.09 Å². The summed E-state index contributed by atoms with van der Waals surface area (Å²) in [6, 6.07) is 7.22. The Balaban J connectivity index is 1.61. The average molecular weight is 396 g/mol. The molecule has 1 aliphatic rings. The molecule has 0 aliphatic carbocycles. The molecule has 0 bridgehead atoms. The molecule has 0 aromatic heterocycles. The van der Waals surface area contributed by atoms with Crippen molar-refractivity contribution in [2.24, 2.45) is 5.92 Å². The van der Waals surface area contributed by atoms with Crippen molar-refractivity contribution in [1.82, 2.24) is 4.90 Å². The smallest absolute Gasteiger partial charge is 0.409 e. The number of hydrogen-bond acceptors (Lipinski definition) is 4. The summed E-state index contributed by atoms with van der Waals surface area (Å²) in [5.41, 5.74) is 1.19. The second kappa shape index (κ2) is 10.7. The number of sulfone groups is 1. The third kappa shape index (κ3) is 7.53. The molecule has 0 N–H and O–H groups in total.